The minimum atomic E-state index is -3.57. The summed E-state index contributed by atoms with van der Waals surface area (Å²) < 4.78 is 26.2. The monoisotopic (exact) mass is 224 g/mol. The largest absolute Gasteiger partial charge is 0.343 e. The zero-order chi connectivity index (χ0) is 10.9. The lowest BCUT2D eigenvalue weighted by molar-refractivity contribution is 0.472. The number of para-hydroxylation sites is 1. The van der Waals surface area contributed by atoms with Crippen LogP contribution in [-0.2, 0) is 10.1 Å². The van der Waals surface area contributed by atoms with Crippen LogP contribution in [0.4, 0.5) is 0 Å². The lowest BCUT2D eigenvalue weighted by Crippen LogP contribution is -2.08. The zero-order valence-electron chi connectivity index (χ0n) is 7.91. The van der Waals surface area contributed by atoms with E-state index in [0.717, 1.165) is 11.6 Å². The molecule has 0 atom stereocenters. The van der Waals surface area contributed by atoms with E-state index >= 15 is 0 Å². The summed E-state index contributed by atoms with van der Waals surface area (Å²) in [7, 11) is -3.57. The van der Waals surface area contributed by atoms with Crippen LogP contribution in [0.1, 0.15) is 0 Å². The summed E-state index contributed by atoms with van der Waals surface area (Å²) in [6, 6.07) is 7.09. The van der Waals surface area contributed by atoms with Gasteiger partial charge >= 0.3 is 16.1 Å². The molecule has 0 radical (unpaired) electrons. The molecule has 0 saturated carbocycles. The molecule has 0 aliphatic rings. The highest BCUT2D eigenvalue weighted by molar-refractivity contribution is 7.86. The number of fused-ring (bicyclic) bond motifs is 1. The smallest absolute Gasteiger partial charge is 0.333 e. The second-order valence-corrected chi connectivity index (χ2v) is 4.57. The van der Waals surface area contributed by atoms with E-state index in [-0.39, 0.29) is 6.01 Å². The fraction of sp³-hybridized carbons (Fsp3) is 0.111. The first-order chi connectivity index (χ1) is 7.04. The third kappa shape index (κ3) is 2.41. The Morgan fingerprint density at radius 2 is 2.00 bits per heavy atom. The quantitative estimate of drug-likeness (QED) is 0.711. The van der Waals surface area contributed by atoms with E-state index < -0.39 is 10.1 Å². The van der Waals surface area contributed by atoms with Crippen LogP contribution in [0.5, 0.6) is 6.01 Å². The van der Waals surface area contributed by atoms with Gasteiger partial charge in [-0.25, -0.2) is 4.98 Å². The van der Waals surface area contributed by atoms with E-state index in [0.29, 0.717) is 5.52 Å². The highest BCUT2D eigenvalue weighted by Crippen LogP contribution is 2.13. The van der Waals surface area contributed by atoms with Gasteiger partial charge in [-0.15, -0.1) is 0 Å². The minimum Gasteiger partial charge on any atom is -0.343 e. The molecule has 0 spiro atoms. The number of nitrogens with zero attached hydrogens (tertiary/aromatic N) is 2. The predicted molar refractivity (Wildman–Crippen MR) is 55.0 cm³/mol. The number of hydrogen-bond acceptors (Lipinski definition) is 5. The lowest BCUT2D eigenvalue weighted by atomic mass is 10.2. The maximum Gasteiger partial charge on any atom is 0.333 e. The first-order valence-electron chi connectivity index (χ1n) is 4.16. The van der Waals surface area contributed by atoms with Crippen molar-refractivity contribution in [1.29, 1.82) is 0 Å². The fourth-order valence-corrected chi connectivity index (χ4v) is 1.48. The molecule has 5 nitrogen and oxygen atoms in total. The van der Waals surface area contributed by atoms with Crippen LogP contribution in [-0.4, -0.2) is 24.6 Å². The Labute approximate surface area is 86.9 Å². The third-order valence-corrected chi connectivity index (χ3v) is 2.14. The molecule has 2 rings (SSSR count). The summed E-state index contributed by atoms with van der Waals surface area (Å²) >= 11 is 0. The third-order valence-electron chi connectivity index (χ3n) is 1.69. The summed E-state index contributed by atoms with van der Waals surface area (Å²) in [5.41, 5.74) is 0.645. The molecule has 0 unspecified atom stereocenters. The van der Waals surface area contributed by atoms with E-state index in [1.807, 2.05) is 12.1 Å². The molecule has 0 amide bonds. The van der Waals surface area contributed by atoms with Gasteiger partial charge in [-0.1, -0.05) is 18.2 Å². The molecule has 0 bridgehead atoms. The normalized spacial score (nSPS) is 11.5. The van der Waals surface area contributed by atoms with Crippen molar-refractivity contribution in [2.75, 3.05) is 6.26 Å². The number of hydrogen-bond donors (Lipinski definition) is 0. The second-order valence-electron chi connectivity index (χ2n) is 3.00. The zero-order valence-corrected chi connectivity index (χ0v) is 8.73. The molecular formula is C9H8N2O3S. The molecule has 78 valence electrons. The van der Waals surface area contributed by atoms with Crippen LogP contribution in [0.3, 0.4) is 0 Å². The summed E-state index contributed by atoms with van der Waals surface area (Å²) in [6.45, 7) is 0. The van der Waals surface area contributed by atoms with Gasteiger partial charge < -0.3 is 4.18 Å². The van der Waals surface area contributed by atoms with Gasteiger partial charge in [-0.05, 0) is 6.07 Å². The average Bonchev–Trinajstić information content (AvgIpc) is 2.15. The van der Waals surface area contributed by atoms with Crippen molar-refractivity contribution in [3.8, 4) is 6.01 Å². The first kappa shape index (κ1) is 9.85. The molecule has 6 heteroatoms. The topological polar surface area (TPSA) is 69.2 Å². The van der Waals surface area contributed by atoms with Crippen LogP contribution in [0, 0.1) is 0 Å². The van der Waals surface area contributed by atoms with Crippen LogP contribution in [0.2, 0.25) is 0 Å². The van der Waals surface area contributed by atoms with Crippen molar-refractivity contribution in [1.82, 2.24) is 9.97 Å². The van der Waals surface area contributed by atoms with Crippen molar-refractivity contribution in [3.63, 3.8) is 0 Å². The van der Waals surface area contributed by atoms with Crippen LogP contribution in [0.15, 0.2) is 30.5 Å². The molecule has 0 aliphatic carbocycles. The molecule has 0 aliphatic heterocycles. The molecule has 0 saturated heterocycles. The van der Waals surface area contributed by atoms with Crippen molar-refractivity contribution in [3.05, 3.63) is 30.5 Å². The second kappa shape index (κ2) is 3.47. The molecule has 1 heterocycles. The van der Waals surface area contributed by atoms with E-state index in [1.54, 1.807) is 12.1 Å². The maximum atomic E-state index is 10.8. The lowest BCUT2D eigenvalue weighted by Gasteiger charge is -2.01. The number of benzene rings is 1. The van der Waals surface area contributed by atoms with Crippen molar-refractivity contribution >= 4 is 21.0 Å². The van der Waals surface area contributed by atoms with E-state index in [9.17, 15) is 8.42 Å². The van der Waals surface area contributed by atoms with Gasteiger partial charge in [0.1, 0.15) is 0 Å². The summed E-state index contributed by atoms with van der Waals surface area (Å²) in [5, 5.41) is 0.832. The molecule has 0 fully saturated rings. The molecule has 15 heavy (non-hydrogen) atoms. The Kier molecular flexibility index (Phi) is 2.28. The highest BCUT2D eigenvalue weighted by atomic mass is 32.2. The molecule has 2 aromatic rings. The van der Waals surface area contributed by atoms with Gasteiger partial charge in [0.05, 0.1) is 11.8 Å². The Balaban J connectivity index is 2.48. The molecule has 0 N–H and O–H groups in total. The van der Waals surface area contributed by atoms with Gasteiger partial charge in [-0.2, -0.15) is 13.4 Å². The summed E-state index contributed by atoms with van der Waals surface area (Å²) in [5.74, 6) is 0. The SMILES string of the molecule is CS(=O)(=O)Oc1ncc2ccccc2n1. The minimum absolute atomic E-state index is 0.156. The Hall–Kier alpha value is -1.69. The van der Waals surface area contributed by atoms with Crippen LogP contribution >= 0.6 is 0 Å². The summed E-state index contributed by atoms with van der Waals surface area (Å²) in [6.07, 6.45) is 2.47. The van der Waals surface area contributed by atoms with E-state index in [4.69, 9.17) is 0 Å². The number of rotatable bonds is 2. The average molecular weight is 224 g/mol. The van der Waals surface area contributed by atoms with Crippen molar-refractivity contribution in [2.45, 2.75) is 0 Å². The van der Waals surface area contributed by atoms with Gasteiger partial charge in [0.2, 0.25) is 0 Å². The van der Waals surface area contributed by atoms with E-state index in [2.05, 4.69) is 14.2 Å². The van der Waals surface area contributed by atoms with Crippen LogP contribution in [0.25, 0.3) is 10.9 Å². The standard InChI is InChI=1S/C9H8N2O3S/c1-15(12,13)14-9-10-6-7-4-2-3-5-8(7)11-9/h2-6H,1H3. The Bertz CT molecular complexity index is 595. The van der Waals surface area contributed by atoms with Crippen molar-refractivity contribution in [2.24, 2.45) is 0 Å². The van der Waals surface area contributed by atoms with Gasteiger partial charge in [0, 0.05) is 11.6 Å². The fourth-order valence-electron chi connectivity index (χ4n) is 1.13. The summed E-state index contributed by atoms with van der Waals surface area (Å²) in [4.78, 5) is 7.73. The first-order valence-corrected chi connectivity index (χ1v) is 5.97. The molecule has 1 aromatic heterocycles. The molecule has 1 aromatic carbocycles. The van der Waals surface area contributed by atoms with Gasteiger partial charge in [0.15, 0.2) is 0 Å². The van der Waals surface area contributed by atoms with Gasteiger partial charge in [0.25, 0.3) is 0 Å². The highest BCUT2D eigenvalue weighted by Gasteiger charge is 2.07. The Morgan fingerprint density at radius 3 is 2.73 bits per heavy atom. The van der Waals surface area contributed by atoms with Gasteiger partial charge in [-0.3, -0.25) is 0 Å². The molecular weight excluding hydrogens is 216 g/mol. The van der Waals surface area contributed by atoms with E-state index in [1.165, 1.54) is 6.20 Å². The van der Waals surface area contributed by atoms with Crippen molar-refractivity contribution < 1.29 is 12.6 Å². The Morgan fingerprint density at radius 1 is 1.27 bits per heavy atom. The predicted octanol–water partition coefficient (Wildman–Crippen LogP) is 0.968. The van der Waals surface area contributed by atoms with Crippen LogP contribution < -0.4 is 4.18 Å². The number of aromatic nitrogens is 2. The maximum absolute atomic E-state index is 10.8.